The highest BCUT2D eigenvalue weighted by Gasteiger charge is 2.19. The van der Waals surface area contributed by atoms with Crippen molar-refractivity contribution in [3.63, 3.8) is 0 Å². The van der Waals surface area contributed by atoms with E-state index in [4.69, 9.17) is 4.74 Å². The van der Waals surface area contributed by atoms with Gasteiger partial charge in [0.15, 0.2) is 5.16 Å². The highest BCUT2D eigenvalue weighted by molar-refractivity contribution is 8.00. The van der Waals surface area contributed by atoms with Crippen LogP contribution in [-0.4, -0.2) is 25.9 Å². The van der Waals surface area contributed by atoms with E-state index in [-0.39, 0.29) is 11.2 Å². The van der Waals surface area contributed by atoms with Crippen molar-refractivity contribution in [1.29, 1.82) is 0 Å². The molecule has 31 heavy (non-hydrogen) atoms. The zero-order valence-electron chi connectivity index (χ0n) is 17.2. The molecule has 0 saturated carbocycles. The van der Waals surface area contributed by atoms with E-state index < -0.39 is 0 Å². The molecule has 1 N–H and O–H groups in total. The number of carbonyl (C=O) groups is 1. The summed E-state index contributed by atoms with van der Waals surface area (Å²) in [6.07, 6.45) is 1.67. The Morgan fingerprint density at radius 2 is 1.65 bits per heavy atom. The maximum atomic E-state index is 12.7. The number of nitrogens with one attached hydrogen (secondary N) is 1. The van der Waals surface area contributed by atoms with Crippen molar-refractivity contribution in [2.24, 2.45) is 0 Å². The summed E-state index contributed by atoms with van der Waals surface area (Å²) in [6.45, 7) is 3.88. The molecular weight excluding hydrogens is 408 g/mol. The molecule has 0 saturated heterocycles. The quantitative estimate of drug-likeness (QED) is 0.393. The number of hydrogen-bond acceptors (Lipinski definition) is 5. The third kappa shape index (κ3) is 5.13. The Bertz CT molecular complexity index is 1160. The lowest BCUT2D eigenvalue weighted by Gasteiger charge is -2.14. The van der Waals surface area contributed by atoms with Gasteiger partial charge in [0.25, 0.3) is 0 Å². The second kappa shape index (κ2) is 9.49. The molecule has 1 amide bonds. The van der Waals surface area contributed by atoms with E-state index >= 15 is 0 Å². The molecule has 0 bridgehead atoms. The van der Waals surface area contributed by atoms with Crippen molar-refractivity contribution in [2.45, 2.75) is 24.3 Å². The number of thioether (sulfide) groups is 1. The minimum absolute atomic E-state index is 0.110. The minimum atomic E-state index is -0.354. The Kier molecular flexibility index (Phi) is 6.33. The van der Waals surface area contributed by atoms with Crippen LogP contribution in [0.25, 0.3) is 5.69 Å². The SMILES string of the molecule is Cc1ccccc1-n1cnnc1SC(C)C(=O)Nc1ccc(Oc2ccccc2)cc1. The lowest BCUT2D eigenvalue weighted by molar-refractivity contribution is -0.115. The van der Waals surface area contributed by atoms with Gasteiger partial charge in [0.2, 0.25) is 5.91 Å². The first kappa shape index (κ1) is 20.7. The number of carbonyl (C=O) groups excluding carboxylic acids is 1. The van der Waals surface area contributed by atoms with Gasteiger partial charge < -0.3 is 10.1 Å². The van der Waals surface area contributed by atoms with Gasteiger partial charge in [0, 0.05) is 5.69 Å². The van der Waals surface area contributed by atoms with Gasteiger partial charge in [-0.25, -0.2) is 0 Å². The number of nitrogens with zero attached hydrogens (tertiary/aromatic N) is 3. The van der Waals surface area contributed by atoms with Gasteiger partial charge in [-0.15, -0.1) is 10.2 Å². The lowest BCUT2D eigenvalue weighted by Crippen LogP contribution is -2.22. The second-order valence-corrected chi connectivity index (χ2v) is 8.27. The van der Waals surface area contributed by atoms with E-state index in [1.54, 1.807) is 6.33 Å². The van der Waals surface area contributed by atoms with Crippen LogP contribution in [0.15, 0.2) is 90.3 Å². The molecule has 1 atom stereocenters. The van der Waals surface area contributed by atoms with Crippen LogP contribution in [0.4, 0.5) is 5.69 Å². The first-order valence-electron chi connectivity index (χ1n) is 9.86. The van der Waals surface area contributed by atoms with Crippen molar-refractivity contribution in [2.75, 3.05) is 5.32 Å². The van der Waals surface area contributed by atoms with Gasteiger partial charge in [-0.2, -0.15) is 0 Å². The zero-order valence-corrected chi connectivity index (χ0v) is 18.0. The zero-order chi connectivity index (χ0) is 21.6. The van der Waals surface area contributed by atoms with Gasteiger partial charge in [-0.1, -0.05) is 48.2 Å². The molecule has 6 nitrogen and oxygen atoms in total. The summed E-state index contributed by atoms with van der Waals surface area (Å²) in [4.78, 5) is 12.7. The van der Waals surface area contributed by atoms with Gasteiger partial charge in [0.1, 0.15) is 17.8 Å². The molecule has 3 aromatic carbocycles. The summed E-state index contributed by atoms with van der Waals surface area (Å²) in [5, 5.41) is 11.5. The molecule has 0 aliphatic carbocycles. The van der Waals surface area contributed by atoms with Crippen molar-refractivity contribution in [1.82, 2.24) is 14.8 Å². The molecule has 1 unspecified atom stereocenters. The number of anilines is 1. The predicted octanol–water partition coefficient (Wildman–Crippen LogP) is 5.49. The standard InChI is InChI=1S/C24H22N4O2S/c1-17-8-6-7-11-22(17)28-16-25-27-24(28)31-18(2)23(29)26-19-12-14-21(15-13-19)30-20-9-4-3-5-10-20/h3-16,18H,1-2H3,(H,26,29). The van der Waals surface area contributed by atoms with E-state index in [1.165, 1.54) is 11.8 Å². The molecular formula is C24H22N4O2S. The van der Waals surface area contributed by atoms with E-state index in [9.17, 15) is 4.79 Å². The van der Waals surface area contributed by atoms with Gasteiger partial charge in [0.05, 0.1) is 10.9 Å². The number of amides is 1. The number of aryl methyl sites for hydroxylation is 1. The molecule has 1 aromatic heterocycles. The minimum Gasteiger partial charge on any atom is -0.457 e. The van der Waals surface area contributed by atoms with Crippen LogP contribution in [0.3, 0.4) is 0 Å². The number of hydrogen-bond donors (Lipinski definition) is 1. The Labute approximate surface area is 185 Å². The fourth-order valence-corrected chi connectivity index (χ4v) is 3.83. The van der Waals surface area contributed by atoms with E-state index in [1.807, 2.05) is 97.3 Å². The first-order chi connectivity index (χ1) is 15.1. The highest BCUT2D eigenvalue weighted by Crippen LogP contribution is 2.27. The Morgan fingerprint density at radius 1 is 0.968 bits per heavy atom. The van der Waals surface area contributed by atoms with Gasteiger partial charge >= 0.3 is 0 Å². The van der Waals surface area contributed by atoms with Crippen LogP contribution in [-0.2, 0) is 4.79 Å². The summed E-state index contributed by atoms with van der Waals surface area (Å²) in [7, 11) is 0. The maximum Gasteiger partial charge on any atom is 0.237 e. The average molecular weight is 431 g/mol. The van der Waals surface area contributed by atoms with Crippen LogP contribution >= 0.6 is 11.8 Å². The third-order valence-corrected chi connectivity index (χ3v) is 5.70. The summed E-state index contributed by atoms with van der Waals surface area (Å²) in [5.41, 5.74) is 2.81. The average Bonchev–Trinajstić information content (AvgIpc) is 3.24. The normalized spacial score (nSPS) is 11.7. The van der Waals surface area contributed by atoms with Crippen LogP contribution in [0, 0.1) is 6.92 Å². The van der Waals surface area contributed by atoms with Crippen LogP contribution in [0.1, 0.15) is 12.5 Å². The molecule has 4 aromatic rings. The monoisotopic (exact) mass is 430 g/mol. The van der Waals surface area contributed by atoms with E-state index in [2.05, 4.69) is 15.5 Å². The topological polar surface area (TPSA) is 69.0 Å². The van der Waals surface area contributed by atoms with Gasteiger partial charge in [-0.05, 0) is 61.9 Å². The molecule has 4 rings (SSSR count). The van der Waals surface area contributed by atoms with Crippen LogP contribution < -0.4 is 10.1 Å². The molecule has 0 fully saturated rings. The number of benzene rings is 3. The molecule has 0 radical (unpaired) electrons. The van der Waals surface area contributed by atoms with Crippen LogP contribution in [0.5, 0.6) is 11.5 Å². The maximum absolute atomic E-state index is 12.7. The molecule has 0 aliphatic heterocycles. The molecule has 7 heteroatoms. The third-order valence-electron chi connectivity index (χ3n) is 4.64. The molecule has 156 valence electrons. The summed E-state index contributed by atoms with van der Waals surface area (Å²) in [6, 6.07) is 24.9. The summed E-state index contributed by atoms with van der Waals surface area (Å²) < 4.78 is 7.69. The van der Waals surface area contributed by atoms with E-state index in [0.717, 1.165) is 17.0 Å². The molecule has 0 spiro atoms. The number of rotatable bonds is 7. The van der Waals surface area contributed by atoms with Crippen molar-refractivity contribution in [3.05, 3.63) is 90.8 Å². The largest absolute Gasteiger partial charge is 0.457 e. The van der Waals surface area contributed by atoms with Crippen molar-refractivity contribution < 1.29 is 9.53 Å². The Morgan fingerprint density at radius 3 is 2.39 bits per heavy atom. The van der Waals surface area contributed by atoms with Crippen molar-refractivity contribution in [3.8, 4) is 17.2 Å². The van der Waals surface area contributed by atoms with E-state index in [0.29, 0.717) is 16.6 Å². The smallest absolute Gasteiger partial charge is 0.237 e. The van der Waals surface area contributed by atoms with Crippen LogP contribution in [0.2, 0.25) is 0 Å². The molecule has 0 aliphatic rings. The highest BCUT2D eigenvalue weighted by atomic mass is 32.2. The first-order valence-corrected chi connectivity index (χ1v) is 10.7. The number of para-hydroxylation sites is 2. The van der Waals surface area contributed by atoms with Gasteiger partial charge in [-0.3, -0.25) is 9.36 Å². The molecule has 1 heterocycles. The number of aromatic nitrogens is 3. The Balaban J connectivity index is 1.38. The Hall–Kier alpha value is -3.58. The summed E-state index contributed by atoms with van der Waals surface area (Å²) >= 11 is 1.37. The fraction of sp³-hybridized carbons (Fsp3) is 0.125. The second-order valence-electron chi connectivity index (χ2n) is 6.96. The predicted molar refractivity (Wildman–Crippen MR) is 123 cm³/mol. The fourth-order valence-electron chi connectivity index (χ4n) is 2.99. The lowest BCUT2D eigenvalue weighted by atomic mass is 10.2. The summed E-state index contributed by atoms with van der Waals surface area (Å²) in [5.74, 6) is 1.36. The van der Waals surface area contributed by atoms with Crippen molar-refractivity contribution >= 4 is 23.4 Å². The number of ether oxygens (including phenoxy) is 1.